The number of rotatable bonds is 6. The molecule has 2 saturated heterocycles. The Morgan fingerprint density at radius 2 is 1.93 bits per heavy atom. The molecule has 0 bridgehead atoms. The number of thiophene rings is 1. The minimum Gasteiger partial charge on any atom is -0.363 e. The van der Waals surface area contributed by atoms with Crippen LogP contribution in [-0.4, -0.2) is 70.2 Å². The summed E-state index contributed by atoms with van der Waals surface area (Å²) in [6, 6.07) is 4.75. The smallest absolute Gasteiger partial charge is 0.211 e. The Bertz CT molecular complexity index is 720. The van der Waals surface area contributed by atoms with E-state index in [0.29, 0.717) is 25.0 Å². The Morgan fingerprint density at radius 1 is 1.21 bits per heavy atom. The zero-order valence-electron chi connectivity index (χ0n) is 16.9. The largest absolute Gasteiger partial charge is 0.363 e. The first-order valence-electron chi connectivity index (χ1n) is 10.2. The van der Waals surface area contributed by atoms with Crippen molar-refractivity contribution in [2.75, 3.05) is 50.4 Å². The molecular formula is C19H33N5O2S2. The molecule has 0 saturated carbocycles. The normalized spacial score (nSPS) is 21.1. The third-order valence-corrected chi connectivity index (χ3v) is 7.78. The minimum atomic E-state index is -3.06. The maximum atomic E-state index is 11.6. The van der Waals surface area contributed by atoms with Crippen LogP contribution in [0.2, 0.25) is 0 Å². The van der Waals surface area contributed by atoms with Crippen molar-refractivity contribution in [3.05, 3.63) is 17.5 Å². The standard InChI is InChI=1S/C19H33N5O2S2/c1-3-20-19(21-15-16-6-12-24(13-7-16)28(2,25)26)22-17-8-10-23(11-9-17)18-5-4-14-27-18/h4-5,14,16-17H,3,6-13,15H2,1-2H3,(H2,20,21,22). The van der Waals surface area contributed by atoms with Crippen molar-refractivity contribution < 1.29 is 8.42 Å². The number of nitrogens with one attached hydrogen (secondary N) is 2. The summed E-state index contributed by atoms with van der Waals surface area (Å²) in [5, 5.41) is 10.5. The van der Waals surface area contributed by atoms with Crippen LogP contribution in [-0.2, 0) is 10.0 Å². The second-order valence-electron chi connectivity index (χ2n) is 7.68. The molecule has 28 heavy (non-hydrogen) atoms. The highest BCUT2D eigenvalue weighted by molar-refractivity contribution is 7.88. The quantitative estimate of drug-likeness (QED) is 0.536. The molecule has 2 fully saturated rings. The van der Waals surface area contributed by atoms with Gasteiger partial charge in [0.05, 0.1) is 11.3 Å². The number of aliphatic imine (C=N–C) groups is 1. The number of hydrogen-bond acceptors (Lipinski definition) is 5. The third-order valence-electron chi connectivity index (χ3n) is 5.55. The lowest BCUT2D eigenvalue weighted by Gasteiger charge is -2.34. The summed E-state index contributed by atoms with van der Waals surface area (Å²) in [5.74, 6) is 1.34. The molecule has 3 heterocycles. The highest BCUT2D eigenvalue weighted by Gasteiger charge is 2.25. The predicted octanol–water partition coefficient (Wildman–Crippen LogP) is 1.94. The Balaban J connectivity index is 1.46. The summed E-state index contributed by atoms with van der Waals surface area (Å²) >= 11 is 1.81. The Hall–Kier alpha value is -1.32. The third kappa shape index (κ3) is 6.09. The van der Waals surface area contributed by atoms with Gasteiger partial charge in [-0.1, -0.05) is 0 Å². The summed E-state index contributed by atoms with van der Waals surface area (Å²) < 4.78 is 24.9. The van der Waals surface area contributed by atoms with E-state index in [0.717, 1.165) is 57.8 Å². The molecule has 3 rings (SSSR count). The van der Waals surface area contributed by atoms with Gasteiger partial charge in [0.15, 0.2) is 5.96 Å². The highest BCUT2D eigenvalue weighted by atomic mass is 32.2. The predicted molar refractivity (Wildman–Crippen MR) is 118 cm³/mol. The molecule has 158 valence electrons. The van der Waals surface area contributed by atoms with Crippen molar-refractivity contribution >= 4 is 32.3 Å². The number of sulfonamides is 1. The van der Waals surface area contributed by atoms with Crippen molar-refractivity contribution in [3.63, 3.8) is 0 Å². The number of hydrogen-bond donors (Lipinski definition) is 2. The van der Waals surface area contributed by atoms with Crippen LogP contribution < -0.4 is 15.5 Å². The van der Waals surface area contributed by atoms with Crippen LogP contribution in [0.4, 0.5) is 5.00 Å². The Kier molecular flexibility index (Phi) is 7.59. The fourth-order valence-electron chi connectivity index (χ4n) is 3.85. The molecule has 0 aromatic carbocycles. The van der Waals surface area contributed by atoms with Gasteiger partial charge in [0, 0.05) is 45.3 Å². The van der Waals surface area contributed by atoms with E-state index in [9.17, 15) is 8.42 Å². The number of guanidine groups is 1. The monoisotopic (exact) mass is 427 g/mol. The first-order valence-corrected chi connectivity index (χ1v) is 13.0. The topological polar surface area (TPSA) is 77.0 Å². The van der Waals surface area contributed by atoms with E-state index in [1.807, 2.05) is 0 Å². The Morgan fingerprint density at radius 3 is 2.50 bits per heavy atom. The lowest BCUT2D eigenvalue weighted by atomic mass is 9.98. The second kappa shape index (κ2) is 9.93. The van der Waals surface area contributed by atoms with E-state index in [4.69, 9.17) is 4.99 Å². The molecule has 0 unspecified atom stereocenters. The van der Waals surface area contributed by atoms with Gasteiger partial charge in [-0.25, -0.2) is 12.7 Å². The summed E-state index contributed by atoms with van der Waals surface area (Å²) in [5.41, 5.74) is 0. The Labute approximate surface area is 173 Å². The SMILES string of the molecule is CCNC(=NCC1CCN(S(C)(=O)=O)CC1)NC1CCN(c2cccs2)CC1. The zero-order valence-corrected chi connectivity index (χ0v) is 18.6. The van der Waals surface area contributed by atoms with Gasteiger partial charge in [0.2, 0.25) is 10.0 Å². The van der Waals surface area contributed by atoms with Crippen molar-refractivity contribution in [1.29, 1.82) is 0 Å². The van der Waals surface area contributed by atoms with Gasteiger partial charge < -0.3 is 15.5 Å². The molecule has 0 atom stereocenters. The maximum absolute atomic E-state index is 11.6. The van der Waals surface area contributed by atoms with Crippen LogP contribution in [0.5, 0.6) is 0 Å². The summed E-state index contributed by atoms with van der Waals surface area (Å²) in [6.45, 7) is 7.05. The molecule has 1 aromatic rings. The van der Waals surface area contributed by atoms with Gasteiger partial charge in [-0.3, -0.25) is 4.99 Å². The van der Waals surface area contributed by atoms with Crippen LogP contribution in [0.1, 0.15) is 32.6 Å². The number of piperidine rings is 2. The van der Waals surface area contributed by atoms with Crippen LogP contribution >= 0.6 is 11.3 Å². The fourth-order valence-corrected chi connectivity index (χ4v) is 5.51. The van der Waals surface area contributed by atoms with E-state index in [2.05, 4.69) is 40.0 Å². The molecule has 2 N–H and O–H groups in total. The van der Waals surface area contributed by atoms with E-state index in [1.54, 1.807) is 15.6 Å². The first-order chi connectivity index (χ1) is 13.5. The van der Waals surface area contributed by atoms with Gasteiger partial charge in [-0.2, -0.15) is 0 Å². The molecule has 0 radical (unpaired) electrons. The zero-order chi connectivity index (χ0) is 20.0. The molecular weight excluding hydrogens is 394 g/mol. The lowest BCUT2D eigenvalue weighted by molar-refractivity contribution is 0.280. The molecule has 0 spiro atoms. The van der Waals surface area contributed by atoms with Crippen LogP contribution in [0.3, 0.4) is 0 Å². The average Bonchev–Trinajstić information content (AvgIpc) is 3.21. The van der Waals surface area contributed by atoms with Gasteiger partial charge in [-0.05, 0) is 56.0 Å². The molecule has 2 aliphatic heterocycles. The van der Waals surface area contributed by atoms with Gasteiger partial charge in [0.1, 0.15) is 0 Å². The van der Waals surface area contributed by atoms with Crippen molar-refractivity contribution in [3.8, 4) is 0 Å². The molecule has 1 aromatic heterocycles. The maximum Gasteiger partial charge on any atom is 0.211 e. The van der Waals surface area contributed by atoms with E-state index in [-0.39, 0.29) is 0 Å². The first kappa shape index (κ1) is 21.4. The molecule has 7 nitrogen and oxygen atoms in total. The number of nitrogens with zero attached hydrogens (tertiary/aromatic N) is 3. The summed E-state index contributed by atoms with van der Waals surface area (Å²) in [6.07, 6.45) is 5.27. The molecule has 0 amide bonds. The highest BCUT2D eigenvalue weighted by Crippen LogP contribution is 2.25. The van der Waals surface area contributed by atoms with E-state index in [1.165, 1.54) is 11.3 Å². The van der Waals surface area contributed by atoms with E-state index >= 15 is 0 Å². The van der Waals surface area contributed by atoms with Gasteiger partial charge >= 0.3 is 0 Å². The molecule has 2 aliphatic rings. The van der Waals surface area contributed by atoms with Crippen LogP contribution in [0.15, 0.2) is 22.5 Å². The number of anilines is 1. The van der Waals surface area contributed by atoms with Gasteiger partial charge in [-0.15, -0.1) is 11.3 Å². The van der Waals surface area contributed by atoms with E-state index < -0.39 is 10.0 Å². The molecule has 9 heteroatoms. The summed E-state index contributed by atoms with van der Waals surface area (Å²) in [7, 11) is -3.06. The van der Waals surface area contributed by atoms with Crippen molar-refractivity contribution in [2.45, 2.75) is 38.6 Å². The molecule has 0 aliphatic carbocycles. The van der Waals surface area contributed by atoms with Crippen LogP contribution in [0, 0.1) is 5.92 Å². The van der Waals surface area contributed by atoms with Gasteiger partial charge in [0.25, 0.3) is 0 Å². The summed E-state index contributed by atoms with van der Waals surface area (Å²) in [4.78, 5) is 7.26. The fraction of sp³-hybridized carbons (Fsp3) is 0.737. The van der Waals surface area contributed by atoms with Crippen molar-refractivity contribution in [2.24, 2.45) is 10.9 Å². The average molecular weight is 428 g/mol. The van der Waals surface area contributed by atoms with Crippen molar-refractivity contribution in [1.82, 2.24) is 14.9 Å². The van der Waals surface area contributed by atoms with Crippen LogP contribution in [0.25, 0.3) is 0 Å². The second-order valence-corrected chi connectivity index (χ2v) is 10.6. The minimum absolute atomic E-state index is 0.445. The lowest BCUT2D eigenvalue weighted by Crippen LogP contribution is -2.49.